The van der Waals surface area contributed by atoms with Crippen LogP contribution >= 0.6 is 0 Å². The minimum absolute atomic E-state index is 0.0445. The van der Waals surface area contributed by atoms with Crippen LogP contribution < -0.4 is 11.1 Å². The Morgan fingerprint density at radius 3 is 2.76 bits per heavy atom. The molecule has 0 aromatic carbocycles. The van der Waals surface area contributed by atoms with Crippen molar-refractivity contribution >= 4 is 17.0 Å². The summed E-state index contributed by atoms with van der Waals surface area (Å²) in [4.78, 5) is 12.8. The van der Waals surface area contributed by atoms with Crippen molar-refractivity contribution in [2.75, 3.05) is 11.9 Å². The van der Waals surface area contributed by atoms with Crippen molar-refractivity contribution in [3.8, 4) is 0 Å². The zero-order valence-corrected chi connectivity index (χ0v) is 9.56. The Morgan fingerprint density at radius 2 is 2.06 bits per heavy atom. The molecule has 0 atom stereocenters. The van der Waals surface area contributed by atoms with Crippen molar-refractivity contribution in [1.29, 1.82) is 0 Å². The molecule has 2 aromatic heterocycles. The molecule has 2 heterocycles. The van der Waals surface area contributed by atoms with E-state index in [1.807, 2.05) is 12.1 Å². The molecule has 0 radical (unpaired) electrons. The van der Waals surface area contributed by atoms with E-state index in [2.05, 4.69) is 20.3 Å². The summed E-state index contributed by atoms with van der Waals surface area (Å²) in [6.07, 6.45) is 6.79. The van der Waals surface area contributed by atoms with E-state index in [0.717, 1.165) is 24.2 Å². The first kappa shape index (κ1) is 10.4. The van der Waals surface area contributed by atoms with Crippen molar-refractivity contribution in [2.24, 2.45) is 5.73 Å². The second-order valence-electron chi connectivity index (χ2n) is 4.56. The summed E-state index contributed by atoms with van der Waals surface area (Å²) in [6.45, 7) is 0.646. The van der Waals surface area contributed by atoms with Crippen molar-refractivity contribution in [3.05, 3.63) is 24.5 Å². The summed E-state index contributed by atoms with van der Waals surface area (Å²) in [6, 6.07) is 3.87. The molecule has 0 bridgehead atoms. The number of rotatable bonds is 3. The van der Waals surface area contributed by atoms with Crippen LogP contribution in [-0.4, -0.2) is 27.0 Å². The standard InChI is InChI=1S/C12H15N5/c13-8-12(4-1-5-12)17-10-3-2-9-11(16-10)15-7-6-14-9/h2-3,6-7H,1,4-5,8,13H2,(H,15,16,17). The molecule has 0 unspecified atom stereocenters. The first-order valence-electron chi connectivity index (χ1n) is 5.87. The fourth-order valence-electron chi connectivity index (χ4n) is 2.18. The van der Waals surface area contributed by atoms with Gasteiger partial charge in [0, 0.05) is 18.9 Å². The van der Waals surface area contributed by atoms with Crippen molar-refractivity contribution in [1.82, 2.24) is 15.0 Å². The fraction of sp³-hybridized carbons (Fsp3) is 0.417. The number of fused-ring (bicyclic) bond motifs is 1. The smallest absolute Gasteiger partial charge is 0.180 e. The third kappa shape index (κ3) is 1.82. The summed E-state index contributed by atoms with van der Waals surface area (Å²) in [5.41, 5.74) is 7.34. The van der Waals surface area contributed by atoms with Gasteiger partial charge in [-0.1, -0.05) is 0 Å². The zero-order chi connectivity index (χ0) is 11.7. The third-order valence-electron chi connectivity index (χ3n) is 3.43. The molecule has 0 aliphatic heterocycles. The average Bonchev–Trinajstić information content (AvgIpc) is 2.34. The summed E-state index contributed by atoms with van der Waals surface area (Å²) in [5.74, 6) is 0.836. The molecule has 5 nitrogen and oxygen atoms in total. The van der Waals surface area contributed by atoms with Gasteiger partial charge in [0.1, 0.15) is 11.3 Å². The lowest BCUT2D eigenvalue weighted by Gasteiger charge is -2.42. The van der Waals surface area contributed by atoms with Gasteiger partial charge in [0.15, 0.2) is 5.65 Å². The molecule has 2 aromatic rings. The zero-order valence-electron chi connectivity index (χ0n) is 9.56. The van der Waals surface area contributed by atoms with Gasteiger partial charge in [0.2, 0.25) is 0 Å². The fourth-order valence-corrected chi connectivity index (χ4v) is 2.18. The van der Waals surface area contributed by atoms with Gasteiger partial charge in [-0.05, 0) is 31.4 Å². The summed E-state index contributed by atoms with van der Waals surface area (Å²) >= 11 is 0. The van der Waals surface area contributed by atoms with Crippen LogP contribution in [0.5, 0.6) is 0 Å². The number of aromatic nitrogens is 3. The SMILES string of the molecule is NCC1(Nc2ccc3nccnc3n2)CCC1. The second-order valence-corrected chi connectivity index (χ2v) is 4.56. The first-order chi connectivity index (χ1) is 8.31. The molecule has 17 heavy (non-hydrogen) atoms. The normalized spacial score (nSPS) is 17.7. The molecule has 1 aliphatic rings. The van der Waals surface area contributed by atoms with E-state index in [-0.39, 0.29) is 5.54 Å². The maximum Gasteiger partial charge on any atom is 0.180 e. The molecule has 1 aliphatic carbocycles. The minimum atomic E-state index is 0.0445. The van der Waals surface area contributed by atoms with Gasteiger partial charge in [-0.2, -0.15) is 0 Å². The summed E-state index contributed by atoms with van der Waals surface area (Å²) in [5, 5.41) is 3.43. The number of nitrogens with one attached hydrogen (secondary N) is 1. The highest BCUT2D eigenvalue weighted by Crippen LogP contribution is 2.33. The molecule has 1 saturated carbocycles. The Kier molecular flexibility index (Phi) is 2.40. The molecule has 0 saturated heterocycles. The molecule has 1 fully saturated rings. The maximum atomic E-state index is 5.81. The highest BCUT2D eigenvalue weighted by Gasteiger charge is 2.35. The third-order valence-corrected chi connectivity index (χ3v) is 3.43. The van der Waals surface area contributed by atoms with Crippen LogP contribution in [0.25, 0.3) is 11.2 Å². The van der Waals surface area contributed by atoms with Gasteiger partial charge in [0.05, 0.1) is 5.54 Å². The van der Waals surface area contributed by atoms with E-state index in [1.165, 1.54) is 6.42 Å². The predicted octanol–water partition coefficient (Wildman–Crippen LogP) is 1.32. The Morgan fingerprint density at radius 1 is 1.24 bits per heavy atom. The highest BCUT2D eigenvalue weighted by molar-refractivity contribution is 5.71. The highest BCUT2D eigenvalue weighted by atomic mass is 15.1. The molecular formula is C12H15N5. The van der Waals surface area contributed by atoms with Crippen LogP contribution in [0.4, 0.5) is 5.82 Å². The van der Waals surface area contributed by atoms with Gasteiger partial charge < -0.3 is 11.1 Å². The number of nitrogens with zero attached hydrogens (tertiary/aromatic N) is 3. The van der Waals surface area contributed by atoms with Crippen molar-refractivity contribution in [3.63, 3.8) is 0 Å². The van der Waals surface area contributed by atoms with E-state index in [1.54, 1.807) is 12.4 Å². The number of anilines is 1. The Bertz CT molecular complexity index is 530. The average molecular weight is 229 g/mol. The monoisotopic (exact) mass is 229 g/mol. The van der Waals surface area contributed by atoms with E-state index in [9.17, 15) is 0 Å². The lowest BCUT2D eigenvalue weighted by Crippen LogP contribution is -2.51. The van der Waals surface area contributed by atoms with E-state index in [0.29, 0.717) is 12.2 Å². The van der Waals surface area contributed by atoms with Gasteiger partial charge in [-0.3, -0.25) is 4.98 Å². The van der Waals surface area contributed by atoms with E-state index < -0.39 is 0 Å². The Hall–Kier alpha value is -1.75. The van der Waals surface area contributed by atoms with Crippen LogP contribution in [0.2, 0.25) is 0 Å². The summed E-state index contributed by atoms with van der Waals surface area (Å²) < 4.78 is 0. The van der Waals surface area contributed by atoms with Gasteiger partial charge >= 0.3 is 0 Å². The van der Waals surface area contributed by atoms with Crippen LogP contribution in [0, 0.1) is 0 Å². The molecule has 0 amide bonds. The van der Waals surface area contributed by atoms with E-state index >= 15 is 0 Å². The van der Waals surface area contributed by atoms with Crippen molar-refractivity contribution in [2.45, 2.75) is 24.8 Å². The lowest BCUT2D eigenvalue weighted by atomic mass is 9.77. The number of hydrogen-bond donors (Lipinski definition) is 2. The van der Waals surface area contributed by atoms with Crippen LogP contribution in [-0.2, 0) is 0 Å². The van der Waals surface area contributed by atoms with Gasteiger partial charge in [0.25, 0.3) is 0 Å². The molecular weight excluding hydrogens is 214 g/mol. The minimum Gasteiger partial charge on any atom is -0.363 e. The topological polar surface area (TPSA) is 76.7 Å². The molecule has 3 rings (SSSR count). The number of hydrogen-bond acceptors (Lipinski definition) is 5. The molecule has 5 heteroatoms. The summed E-state index contributed by atoms with van der Waals surface area (Å²) in [7, 11) is 0. The second kappa shape index (κ2) is 3.92. The van der Waals surface area contributed by atoms with Gasteiger partial charge in [-0.15, -0.1) is 0 Å². The van der Waals surface area contributed by atoms with Gasteiger partial charge in [-0.25, -0.2) is 9.97 Å². The lowest BCUT2D eigenvalue weighted by molar-refractivity contribution is 0.286. The quantitative estimate of drug-likeness (QED) is 0.830. The molecule has 88 valence electrons. The van der Waals surface area contributed by atoms with Crippen molar-refractivity contribution < 1.29 is 0 Å². The Labute approximate surface area is 99.5 Å². The van der Waals surface area contributed by atoms with Crippen LogP contribution in [0.1, 0.15) is 19.3 Å². The number of nitrogens with two attached hydrogens (primary N) is 1. The van der Waals surface area contributed by atoms with Crippen LogP contribution in [0.15, 0.2) is 24.5 Å². The number of pyridine rings is 1. The molecule has 0 spiro atoms. The largest absolute Gasteiger partial charge is 0.363 e. The first-order valence-corrected chi connectivity index (χ1v) is 5.87. The van der Waals surface area contributed by atoms with Crippen LogP contribution in [0.3, 0.4) is 0 Å². The Balaban J connectivity index is 1.90. The van der Waals surface area contributed by atoms with E-state index in [4.69, 9.17) is 5.73 Å². The molecule has 3 N–H and O–H groups in total. The maximum absolute atomic E-state index is 5.81. The predicted molar refractivity (Wildman–Crippen MR) is 66.6 cm³/mol.